The number of aryl methyl sites for hydroxylation is 2. The maximum absolute atomic E-state index is 12.5. The van der Waals surface area contributed by atoms with Gasteiger partial charge in [0.25, 0.3) is 5.91 Å². The van der Waals surface area contributed by atoms with Crippen LogP contribution in [-0.2, 0) is 14.8 Å². The molecule has 26 heavy (non-hydrogen) atoms. The first kappa shape index (κ1) is 18.1. The summed E-state index contributed by atoms with van der Waals surface area (Å²) in [6.07, 6.45) is 0. The number of amides is 2. The second-order valence-corrected chi connectivity index (χ2v) is 8.45. The van der Waals surface area contributed by atoms with Gasteiger partial charge in [0, 0.05) is 11.3 Å². The molecule has 1 N–H and O–H groups in total. The lowest BCUT2D eigenvalue weighted by molar-refractivity contribution is -0.119. The predicted molar refractivity (Wildman–Crippen MR) is 101 cm³/mol. The SMILES string of the molecule is Cc1ccc(NC(=O)c2cccc(N3C(=O)C(C)CS3(=O)=O)c2)cc1C. The van der Waals surface area contributed by atoms with Gasteiger partial charge in [-0.3, -0.25) is 9.59 Å². The van der Waals surface area contributed by atoms with E-state index in [1.807, 2.05) is 26.0 Å². The molecule has 1 aliphatic rings. The minimum Gasteiger partial charge on any atom is -0.322 e. The highest BCUT2D eigenvalue weighted by Crippen LogP contribution is 2.29. The number of hydrogen-bond donors (Lipinski definition) is 1. The lowest BCUT2D eigenvalue weighted by Crippen LogP contribution is -2.30. The molecule has 0 aromatic heterocycles. The first-order valence-corrected chi connectivity index (χ1v) is 9.85. The quantitative estimate of drug-likeness (QED) is 0.898. The molecule has 1 atom stereocenters. The fourth-order valence-corrected chi connectivity index (χ4v) is 4.70. The topological polar surface area (TPSA) is 83.6 Å². The van der Waals surface area contributed by atoms with Gasteiger partial charge in [-0.25, -0.2) is 12.7 Å². The maximum Gasteiger partial charge on any atom is 0.255 e. The minimum absolute atomic E-state index is 0.187. The Hall–Kier alpha value is -2.67. The average Bonchev–Trinajstić information content (AvgIpc) is 2.78. The van der Waals surface area contributed by atoms with Crippen molar-refractivity contribution in [2.24, 2.45) is 5.92 Å². The molecule has 1 unspecified atom stereocenters. The van der Waals surface area contributed by atoms with Crippen molar-refractivity contribution in [1.82, 2.24) is 0 Å². The summed E-state index contributed by atoms with van der Waals surface area (Å²) >= 11 is 0. The smallest absolute Gasteiger partial charge is 0.255 e. The third-order valence-electron chi connectivity index (χ3n) is 4.47. The van der Waals surface area contributed by atoms with E-state index in [-0.39, 0.29) is 22.9 Å². The first-order valence-electron chi connectivity index (χ1n) is 8.24. The number of hydrogen-bond acceptors (Lipinski definition) is 4. The van der Waals surface area contributed by atoms with Gasteiger partial charge in [0.2, 0.25) is 15.9 Å². The van der Waals surface area contributed by atoms with Gasteiger partial charge >= 0.3 is 0 Å². The fraction of sp³-hybridized carbons (Fsp3) is 0.263. The molecule has 2 amide bonds. The molecule has 1 fully saturated rings. The normalized spacial score (nSPS) is 18.8. The van der Waals surface area contributed by atoms with Crippen molar-refractivity contribution in [2.75, 3.05) is 15.4 Å². The number of nitrogens with zero attached hydrogens (tertiary/aromatic N) is 1. The van der Waals surface area contributed by atoms with E-state index in [0.29, 0.717) is 5.69 Å². The van der Waals surface area contributed by atoms with Gasteiger partial charge < -0.3 is 5.32 Å². The van der Waals surface area contributed by atoms with E-state index >= 15 is 0 Å². The molecular formula is C19H20N2O4S. The van der Waals surface area contributed by atoms with Crippen molar-refractivity contribution in [2.45, 2.75) is 20.8 Å². The van der Waals surface area contributed by atoms with Gasteiger partial charge in [-0.1, -0.05) is 19.1 Å². The molecule has 1 aliphatic heterocycles. The Morgan fingerprint density at radius 2 is 1.85 bits per heavy atom. The molecule has 0 bridgehead atoms. The van der Waals surface area contributed by atoms with Crippen LogP contribution in [0.25, 0.3) is 0 Å². The Kier molecular flexibility index (Phi) is 4.58. The molecule has 2 aromatic carbocycles. The number of anilines is 2. The van der Waals surface area contributed by atoms with Crippen LogP contribution in [0.3, 0.4) is 0 Å². The predicted octanol–water partition coefficient (Wildman–Crippen LogP) is 2.87. The molecule has 136 valence electrons. The van der Waals surface area contributed by atoms with Crippen LogP contribution in [0.1, 0.15) is 28.4 Å². The van der Waals surface area contributed by atoms with Crippen LogP contribution in [0.4, 0.5) is 11.4 Å². The molecule has 2 aromatic rings. The highest BCUT2D eigenvalue weighted by molar-refractivity contribution is 7.94. The van der Waals surface area contributed by atoms with E-state index in [4.69, 9.17) is 0 Å². The van der Waals surface area contributed by atoms with E-state index in [0.717, 1.165) is 15.4 Å². The monoisotopic (exact) mass is 372 g/mol. The summed E-state index contributed by atoms with van der Waals surface area (Å²) in [6, 6.07) is 11.7. The largest absolute Gasteiger partial charge is 0.322 e. The highest BCUT2D eigenvalue weighted by atomic mass is 32.2. The summed E-state index contributed by atoms with van der Waals surface area (Å²) < 4.78 is 25.3. The molecule has 1 saturated heterocycles. The van der Waals surface area contributed by atoms with Gasteiger partial charge in [0.1, 0.15) is 0 Å². The van der Waals surface area contributed by atoms with Crippen LogP contribution in [0.5, 0.6) is 0 Å². The minimum atomic E-state index is -3.70. The van der Waals surface area contributed by atoms with Gasteiger partial charge in [-0.15, -0.1) is 0 Å². The van der Waals surface area contributed by atoms with Crippen molar-refractivity contribution in [3.05, 3.63) is 59.2 Å². The molecule has 0 radical (unpaired) electrons. The Labute approximate surface area is 152 Å². The van der Waals surface area contributed by atoms with Crippen LogP contribution >= 0.6 is 0 Å². The van der Waals surface area contributed by atoms with Crippen LogP contribution < -0.4 is 9.62 Å². The molecule has 1 heterocycles. The summed E-state index contributed by atoms with van der Waals surface area (Å²) in [7, 11) is -3.70. The number of carbonyl (C=O) groups is 2. The van der Waals surface area contributed by atoms with Crippen molar-refractivity contribution in [3.63, 3.8) is 0 Å². The average molecular weight is 372 g/mol. The van der Waals surface area contributed by atoms with E-state index < -0.39 is 21.8 Å². The molecule has 6 nitrogen and oxygen atoms in total. The summed E-state index contributed by atoms with van der Waals surface area (Å²) in [4.78, 5) is 24.7. The number of rotatable bonds is 3. The fourth-order valence-electron chi connectivity index (χ4n) is 2.88. The van der Waals surface area contributed by atoms with Gasteiger partial charge in [0.15, 0.2) is 0 Å². The van der Waals surface area contributed by atoms with E-state index in [9.17, 15) is 18.0 Å². The van der Waals surface area contributed by atoms with Gasteiger partial charge in [-0.2, -0.15) is 0 Å². The molecule has 0 spiro atoms. The lowest BCUT2D eigenvalue weighted by Gasteiger charge is -2.16. The molecule has 3 rings (SSSR count). The highest BCUT2D eigenvalue weighted by Gasteiger charge is 2.42. The van der Waals surface area contributed by atoms with Crippen LogP contribution in [0.15, 0.2) is 42.5 Å². The van der Waals surface area contributed by atoms with Crippen molar-refractivity contribution >= 4 is 33.2 Å². The molecular weight excluding hydrogens is 352 g/mol. The Balaban J connectivity index is 1.88. The molecule has 7 heteroatoms. The van der Waals surface area contributed by atoms with Crippen molar-refractivity contribution in [1.29, 1.82) is 0 Å². The van der Waals surface area contributed by atoms with Crippen LogP contribution in [0, 0.1) is 19.8 Å². The first-order chi connectivity index (χ1) is 12.2. The molecule has 0 saturated carbocycles. The second-order valence-electron chi connectivity index (χ2n) is 6.59. The van der Waals surface area contributed by atoms with Gasteiger partial charge in [-0.05, 0) is 55.3 Å². The lowest BCUT2D eigenvalue weighted by atomic mass is 10.1. The standard InChI is InChI=1S/C19H20N2O4S/c1-12-7-8-16(9-13(12)2)20-18(22)15-5-4-6-17(10-15)21-19(23)14(3)11-26(21,24)25/h4-10,14H,11H2,1-3H3,(H,20,22). The third kappa shape index (κ3) is 3.35. The van der Waals surface area contributed by atoms with E-state index in [1.165, 1.54) is 12.1 Å². The number of carbonyl (C=O) groups excluding carboxylic acids is 2. The maximum atomic E-state index is 12.5. The van der Waals surface area contributed by atoms with E-state index in [2.05, 4.69) is 5.32 Å². The Morgan fingerprint density at radius 1 is 1.12 bits per heavy atom. The third-order valence-corrected chi connectivity index (χ3v) is 6.34. The zero-order chi connectivity index (χ0) is 19.1. The molecule has 0 aliphatic carbocycles. The zero-order valence-corrected chi connectivity index (χ0v) is 15.6. The summed E-state index contributed by atoms with van der Waals surface area (Å²) in [5, 5.41) is 2.79. The second kappa shape index (κ2) is 6.57. The van der Waals surface area contributed by atoms with Crippen molar-refractivity contribution in [3.8, 4) is 0 Å². The van der Waals surface area contributed by atoms with E-state index in [1.54, 1.807) is 25.1 Å². The Bertz CT molecular complexity index is 998. The van der Waals surface area contributed by atoms with Gasteiger partial charge in [0.05, 0.1) is 17.4 Å². The summed E-state index contributed by atoms with van der Waals surface area (Å²) in [5.41, 5.74) is 3.30. The summed E-state index contributed by atoms with van der Waals surface area (Å²) in [6.45, 7) is 5.52. The number of sulfonamides is 1. The number of benzene rings is 2. The number of nitrogens with one attached hydrogen (secondary N) is 1. The summed E-state index contributed by atoms with van der Waals surface area (Å²) in [5.74, 6) is -1.65. The Morgan fingerprint density at radius 3 is 2.46 bits per heavy atom. The van der Waals surface area contributed by atoms with Crippen LogP contribution in [-0.4, -0.2) is 26.0 Å². The zero-order valence-electron chi connectivity index (χ0n) is 14.8. The van der Waals surface area contributed by atoms with Crippen molar-refractivity contribution < 1.29 is 18.0 Å². The van der Waals surface area contributed by atoms with Crippen LogP contribution in [0.2, 0.25) is 0 Å².